The molecule has 0 aliphatic heterocycles. The van der Waals surface area contributed by atoms with Gasteiger partial charge in [0.25, 0.3) is 5.91 Å². The van der Waals surface area contributed by atoms with Crippen molar-refractivity contribution in [2.45, 2.75) is 12.4 Å². The number of nitrogens with one attached hydrogen (secondary N) is 1. The molecule has 0 unspecified atom stereocenters. The van der Waals surface area contributed by atoms with E-state index in [1.807, 2.05) is 36.0 Å². The van der Waals surface area contributed by atoms with Crippen molar-refractivity contribution in [1.29, 1.82) is 0 Å². The van der Waals surface area contributed by atoms with Crippen LogP contribution in [0.1, 0.15) is 20.8 Å². The molecule has 3 aromatic rings. The Morgan fingerprint density at radius 3 is 2.74 bits per heavy atom. The highest BCUT2D eigenvalue weighted by atomic mass is 79.9. The summed E-state index contributed by atoms with van der Waals surface area (Å²) in [5.41, 5.74) is 1.64. The van der Waals surface area contributed by atoms with E-state index < -0.39 is 0 Å². The Morgan fingerprint density at radius 1 is 1.19 bits per heavy atom. The maximum Gasteiger partial charge on any atom is 0.251 e. The fraction of sp³-hybridized carbons (Fsp3) is 0.200. The van der Waals surface area contributed by atoms with Crippen LogP contribution in [-0.4, -0.2) is 23.2 Å². The number of aromatic nitrogens is 1. The number of carbonyl (C=O) groups excluding carboxylic acids is 1. The van der Waals surface area contributed by atoms with Gasteiger partial charge in [0, 0.05) is 46.4 Å². The normalized spacial score (nSPS) is 10.6. The van der Waals surface area contributed by atoms with E-state index in [0.717, 1.165) is 26.6 Å². The number of rotatable bonds is 9. The first-order valence-corrected chi connectivity index (χ1v) is 11.2. The second kappa shape index (κ2) is 10.5. The summed E-state index contributed by atoms with van der Waals surface area (Å²) in [7, 11) is 0. The van der Waals surface area contributed by atoms with Gasteiger partial charge in [0.1, 0.15) is 12.4 Å². The topological polar surface area (TPSA) is 51.2 Å². The molecule has 0 saturated heterocycles. The molecular formula is C20H19BrN2O2S2. The molecular weight excluding hydrogens is 444 g/mol. The Bertz CT molecular complexity index is 854. The molecule has 0 aliphatic rings. The first-order chi connectivity index (χ1) is 13.2. The smallest absolute Gasteiger partial charge is 0.251 e. The van der Waals surface area contributed by atoms with Gasteiger partial charge in [-0.1, -0.05) is 6.07 Å². The van der Waals surface area contributed by atoms with Gasteiger partial charge in [-0.15, -0.1) is 11.3 Å². The number of thiophene rings is 1. The number of pyridine rings is 1. The summed E-state index contributed by atoms with van der Waals surface area (Å²) in [4.78, 5) is 17.6. The van der Waals surface area contributed by atoms with Gasteiger partial charge in [-0.3, -0.25) is 9.78 Å². The van der Waals surface area contributed by atoms with Crippen LogP contribution in [0, 0.1) is 0 Å². The fourth-order valence-corrected chi connectivity index (χ4v) is 4.75. The Kier molecular flexibility index (Phi) is 7.74. The van der Waals surface area contributed by atoms with Gasteiger partial charge in [-0.2, -0.15) is 11.8 Å². The highest BCUT2D eigenvalue weighted by molar-refractivity contribution is 9.11. The molecule has 140 valence electrons. The SMILES string of the molecule is O=C(NCCSCc1ccc(Br)s1)c1ccc(OCc2cccnc2)cc1. The van der Waals surface area contributed by atoms with Crippen LogP contribution in [-0.2, 0) is 12.4 Å². The van der Waals surface area contributed by atoms with Gasteiger partial charge in [0.05, 0.1) is 3.79 Å². The molecule has 4 nitrogen and oxygen atoms in total. The zero-order chi connectivity index (χ0) is 18.9. The molecule has 27 heavy (non-hydrogen) atoms. The highest BCUT2D eigenvalue weighted by Gasteiger charge is 2.05. The summed E-state index contributed by atoms with van der Waals surface area (Å²) in [6, 6.07) is 15.2. The van der Waals surface area contributed by atoms with Crippen molar-refractivity contribution in [3.05, 3.63) is 80.7 Å². The Balaban J connectivity index is 1.37. The first kappa shape index (κ1) is 19.9. The Labute approximate surface area is 175 Å². The van der Waals surface area contributed by atoms with Gasteiger partial charge >= 0.3 is 0 Å². The van der Waals surface area contributed by atoms with E-state index in [9.17, 15) is 4.79 Å². The summed E-state index contributed by atoms with van der Waals surface area (Å²) in [6.45, 7) is 1.10. The number of thioether (sulfide) groups is 1. The first-order valence-electron chi connectivity index (χ1n) is 8.42. The molecule has 0 aliphatic carbocycles. The molecule has 0 atom stereocenters. The van der Waals surface area contributed by atoms with E-state index in [1.165, 1.54) is 4.88 Å². The Morgan fingerprint density at radius 2 is 2.04 bits per heavy atom. The van der Waals surface area contributed by atoms with Gasteiger partial charge in [-0.25, -0.2) is 0 Å². The second-order valence-corrected chi connectivity index (χ2v) is 9.34. The summed E-state index contributed by atoms with van der Waals surface area (Å²) in [6.07, 6.45) is 3.51. The van der Waals surface area contributed by atoms with Gasteiger partial charge in [0.2, 0.25) is 0 Å². The number of amides is 1. The summed E-state index contributed by atoms with van der Waals surface area (Å²) in [5.74, 6) is 2.52. The average molecular weight is 463 g/mol. The molecule has 0 bridgehead atoms. The summed E-state index contributed by atoms with van der Waals surface area (Å²) >= 11 is 7.03. The molecule has 1 N–H and O–H groups in total. The predicted octanol–water partition coefficient (Wildman–Crippen LogP) is 5.15. The molecule has 0 saturated carbocycles. The van der Waals surface area contributed by atoms with E-state index in [2.05, 4.69) is 38.4 Å². The number of hydrogen-bond donors (Lipinski definition) is 1. The Hall–Kier alpha value is -1.83. The monoisotopic (exact) mass is 462 g/mol. The number of benzene rings is 1. The zero-order valence-electron chi connectivity index (χ0n) is 14.6. The van der Waals surface area contributed by atoms with Crippen LogP contribution in [0.5, 0.6) is 5.75 Å². The van der Waals surface area contributed by atoms with Gasteiger partial charge in [0.15, 0.2) is 0 Å². The minimum Gasteiger partial charge on any atom is -0.489 e. The van der Waals surface area contributed by atoms with Crippen LogP contribution in [0.15, 0.2) is 64.7 Å². The van der Waals surface area contributed by atoms with E-state index in [-0.39, 0.29) is 5.91 Å². The van der Waals surface area contributed by atoms with Crippen LogP contribution in [0.3, 0.4) is 0 Å². The lowest BCUT2D eigenvalue weighted by atomic mass is 10.2. The lowest BCUT2D eigenvalue weighted by Gasteiger charge is -2.08. The molecule has 0 radical (unpaired) electrons. The fourth-order valence-electron chi connectivity index (χ4n) is 2.29. The van der Waals surface area contributed by atoms with Crippen LogP contribution in [0.4, 0.5) is 0 Å². The van der Waals surface area contributed by atoms with Crippen LogP contribution >= 0.6 is 39.0 Å². The maximum atomic E-state index is 12.2. The highest BCUT2D eigenvalue weighted by Crippen LogP contribution is 2.25. The number of halogens is 1. The number of ether oxygens (including phenoxy) is 1. The van der Waals surface area contributed by atoms with Crippen LogP contribution < -0.4 is 10.1 Å². The third kappa shape index (κ3) is 6.68. The zero-order valence-corrected chi connectivity index (χ0v) is 17.8. The van der Waals surface area contributed by atoms with E-state index in [4.69, 9.17) is 4.74 Å². The molecule has 1 aromatic carbocycles. The maximum absolute atomic E-state index is 12.2. The van der Waals surface area contributed by atoms with Crippen molar-refractivity contribution in [3.8, 4) is 5.75 Å². The number of carbonyl (C=O) groups is 1. The van der Waals surface area contributed by atoms with E-state index >= 15 is 0 Å². The van der Waals surface area contributed by atoms with Crippen molar-refractivity contribution >= 4 is 44.9 Å². The number of hydrogen-bond acceptors (Lipinski definition) is 5. The van der Waals surface area contributed by atoms with Gasteiger partial charge in [-0.05, 0) is 58.4 Å². The standard InChI is InChI=1S/C20H19BrN2O2S2/c21-19-8-7-18(27-19)14-26-11-10-23-20(24)16-3-5-17(6-4-16)25-13-15-2-1-9-22-12-15/h1-9,12H,10-11,13-14H2,(H,23,24). The molecule has 3 rings (SSSR count). The van der Waals surface area contributed by atoms with Crippen molar-refractivity contribution in [2.24, 2.45) is 0 Å². The second-order valence-electron chi connectivity index (χ2n) is 5.69. The minimum atomic E-state index is -0.0618. The minimum absolute atomic E-state index is 0.0618. The number of nitrogens with zero attached hydrogens (tertiary/aromatic N) is 1. The van der Waals surface area contributed by atoms with E-state index in [0.29, 0.717) is 18.7 Å². The van der Waals surface area contributed by atoms with Crippen LogP contribution in [0.2, 0.25) is 0 Å². The molecule has 0 fully saturated rings. The summed E-state index contributed by atoms with van der Waals surface area (Å²) in [5, 5.41) is 2.95. The van der Waals surface area contributed by atoms with Crippen molar-refractivity contribution < 1.29 is 9.53 Å². The molecule has 1 amide bonds. The van der Waals surface area contributed by atoms with Crippen molar-refractivity contribution in [2.75, 3.05) is 12.3 Å². The average Bonchev–Trinajstić information content (AvgIpc) is 3.12. The van der Waals surface area contributed by atoms with Crippen molar-refractivity contribution in [3.63, 3.8) is 0 Å². The third-order valence-electron chi connectivity index (χ3n) is 3.65. The molecule has 0 spiro atoms. The van der Waals surface area contributed by atoms with Crippen molar-refractivity contribution in [1.82, 2.24) is 10.3 Å². The third-order valence-corrected chi connectivity index (χ3v) is 6.46. The largest absolute Gasteiger partial charge is 0.489 e. The lowest BCUT2D eigenvalue weighted by Crippen LogP contribution is -2.25. The van der Waals surface area contributed by atoms with E-state index in [1.54, 1.807) is 35.9 Å². The quantitative estimate of drug-likeness (QED) is 0.446. The molecule has 2 aromatic heterocycles. The molecule has 7 heteroatoms. The predicted molar refractivity (Wildman–Crippen MR) is 116 cm³/mol. The van der Waals surface area contributed by atoms with Gasteiger partial charge < -0.3 is 10.1 Å². The molecule has 2 heterocycles. The van der Waals surface area contributed by atoms with Crippen LogP contribution in [0.25, 0.3) is 0 Å². The lowest BCUT2D eigenvalue weighted by molar-refractivity contribution is 0.0956. The summed E-state index contributed by atoms with van der Waals surface area (Å²) < 4.78 is 6.86.